The lowest BCUT2D eigenvalue weighted by molar-refractivity contribution is -0.0390. The second-order valence-electron chi connectivity index (χ2n) is 7.24. The Hall–Kier alpha value is -1.23. The Morgan fingerprint density at radius 3 is 2.70 bits per heavy atom. The van der Waals surface area contributed by atoms with Crippen LogP contribution in [0.3, 0.4) is 0 Å². The summed E-state index contributed by atoms with van der Waals surface area (Å²) in [5.41, 5.74) is 3.47. The number of nitrogens with one attached hydrogen (secondary N) is 2. The van der Waals surface area contributed by atoms with E-state index in [2.05, 4.69) is 53.7 Å². The number of aryl methyl sites for hydroxylation is 2. The third-order valence-corrected chi connectivity index (χ3v) is 5.96. The van der Waals surface area contributed by atoms with Gasteiger partial charge in [0.15, 0.2) is 5.96 Å². The molecule has 0 bridgehead atoms. The summed E-state index contributed by atoms with van der Waals surface area (Å²) in [5, 5.41) is 7.77. The molecule has 0 spiro atoms. The molecule has 0 saturated carbocycles. The molecule has 6 nitrogen and oxygen atoms in total. The lowest BCUT2D eigenvalue weighted by Crippen LogP contribution is -2.36. The molecule has 1 aliphatic heterocycles. The molecule has 1 saturated heterocycles. The van der Waals surface area contributed by atoms with Gasteiger partial charge in [0, 0.05) is 24.6 Å². The summed E-state index contributed by atoms with van der Waals surface area (Å²) in [6.45, 7) is 10.6. The summed E-state index contributed by atoms with van der Waals surface area (Å²) >= 11 is 1.73. The molecule has 8 heteroatoms. The fourth-order valence-electron chi connectivity index (χ4n) is 3.16. The van der Waals surface area contributed by atoms with Crippen LogP contribution >= 0.6 is 35.3 Å². The van der Waals surface area contributed by atoms with Crippen LogP contribution in [0.4, 0.5) is 0 Å². The standard InChI is InChI=1S/C22H32N4O2S.HI/c1-4-23-22(25-14-21-26-16(2)17(3)29-21)24-13-18-6-5-7-19(12-18)15-28-20-8-10-27-11-9-20;/h5-7,12,20H,4,8-11,13-15H2,1-3H3,(H2,23,24,25);1H. The lowest BCUT2D eigenvalue weighted by atomic mass is 10.1. The van der Waals surface area contributed by atoms with Crippen molar-refractivity contribution in [1.29, 1.82) is 0 Å². The fourth-order valence-corrected chi connectivity index (χ4v) is 4.03. The number of thiazole rings is 1. The van der Waals surface area contributed by atoms with Crippen LogP contribution in [0.25, 0.3) is 0 Å². The van der Waals surface area contributed by atoms with Crippen LogP contribution in [-0.4, -0.2) is 36.8 Å². The lowest BCUT2D eigenvalue weighted by Gasteiger charge is -2.22. The number of nitrogens with zero attached hydrogens (tertiary/aromatic N) is 2. The van der Waals surface area contributed by atoms with Crippen LogP contribution < -0.4 is 10.6 Å². The van der Waals surface area contributed by atoms with Gasteiger partial charge in [-0.1, -0.05) is 24.3 Å². The predicted octanol–water partition coefficient (Wildman–Crippen LogP) is 4.33. The average Bonchev–Trinajstić information content (AvgIpc) is 3.07. The van der Waals surface area contributed by atoms with E-state index in [1.54, 1.807) is 11.3 Å². The van der Waals surface area contributed by atoms with Crippen molar-refractivity contribution in [3.05, 3.63) is 51.0 Å². The highest BCUT2D eigenvalue weighted by atomic mass is 127. The van der Waals surface area contributed by atoms with Crippen molar-refractivity contribution >= 4 is 41.3 Å². The Labute approximate surface area is 200 Å². The van der Waals surface area contributed by atoms with Crippen molar-refractivity contribution in [2.24, 2.45) is 4.99 Å². The van der Waals surface area contributed by atoms with E-state index in [-0.39, 0.29) is 24.0 Å². The van der Waals surface area contributed by atoms with E-state index in [0.29, 0.717) is 25.8 Å². The summed E-state index contributed by atoms with van der Waals surface area (Å²) in [5.74, 6) is 0.807. The molecule has 0 radical (unpaired) electrons. The number of hydrogen-bond donors (Lipinski definition) is 2. The molecule has 1 fully saturated rings. The molecule has 0 amide bonds. The topological polar surface area (TPSA) is 67.8 Å². The van der Waals surface area contributed by atoms with Gasteiger partial charge in [0.2, 0.25) is 0 Å². The van der Waals surface area contributed by atoms with Gasteiger partial charge in [0.1, 0.15) is 5.01 Å². The predicted molar refractivity (Wildman–Crippen MR) is 134 cm³/mol. The summed E-state index contributed by atoms with van der Waals surface area (Å²) in [4.78, 5) is 10.6. The average molecular weight is 545 g/mol. The molecule has 1 aliphatic rings. The number of aromatic nitrogens is 1. The van der Waals surface area contributed by atoms with Gasteiger partial charge < -0.3 is 20.1 Å². The Kier molecular flexibility index (Phi) is 11.0. The fraction of sp³-hybridized carbons (Fsp3) is 0.545. The van der Waals surface area contributed by atoms with Crippen LogP contribution in [0.15, 0.2) is 29.3 Å². The van der Waals surface area contributed by atoms with Crippen LogP contribution in [0.5, 0.6) is 0 Å². The normalized spacial score (nSPS) is 15.0. The van der Waals surface area contributed by atoms with Crippen LogP contribution in [0, 0.1) is 13.8 Å². The number of hydrogen-bond acceptors (Lipinski definition) is 5. The second-order valence-corrected chi connectivity index (χ2v) is 8.53. The van der Waals surface area contributed by atoms with E-state index >= 15 is 0 Å². The smallest absolute Gasteiger partial charge is 0.191 e. The van der Waals surface area contributed by atoms with Crippen molar-refractivity contribution in [3.8, 4) is 0 Å². The van der Waals surface area contributed by atoms with Gasteiger partial charge in [-0.05, 0) is 44.7 Å². The summed E-state index contributed by atoms with van der Waals surface area (Å²) in [6, 6.07) is 8.48. The molecule has 2 heterocycles. The van der Waals surface area contributed by atoms with E-state index in [1.807, 2.05) is 6.92 Å². The number of benzene rings is 1. The number of ether oxygens (including phenoxy) is 2. The molecule has 1 aromatic carbocycles. The van der Waals surface area contributed by atoms with Crippen LogP contribution in [0.1, 0.15) is 46.5 Å². The SMILES string of the molecule is CCNC(=NCc1cccc(COC2CCOCC2)c1)NCc1nc(C)c(C)s1.I. The van der Waals surface area contributed by atoms with E-state index in [4.69, 9.17) is 14.5 Å². The minimum Gasteiger partial charge on any atom is -0.381 e. The van der Waals surface area contributed by atoms with Gasteiger partial charge in [0.05, 0.1) is 31.5 Å². The quantitative estimate of drug-likeness (QED) is 0.294. The zero-order valence-corrected chi connectivity index (χ0v) is 21.2. The zero-order chi connectivity index (χ0) is 20.5. The molecular formula is C22H33IN4O2S. The zero-order valence-electron chi connectivity index (χ0n) is 18.1. The second kappa shape index (κ2) is 13.2. The molecule has 0 aliphatic carbocycles. The van der Waals surface area contributed by atoms with Gasteiger partial charge in [-0.2, -0.15) is 0 Å². The number of aliphatic imine (C=N–C) groups is 1. The van der Waals surface area contributed by atoms with E-state index < -0.39 is 0 Å². The molecular weight excluding hydrogens is 511 g/mol. The monoisotopic (exact) mass is 544 g/mol. The third kappa shape index (κ3) is 8.13. The molecule has 0 unspecified atom stereocenters. The number of guanidine groups is 1. The van der Waals surface area contributed by atoms with Gasteiger partial charge in [-0.15, -0.1) is 35.3 Å². The van der Waals surface area contributed by atoms with Crippen molar-refractivity contribution in [3.63, 3.8) is 0 Å². The van der Waals surface area contributed by atoms with E-state index in [1.165, 1.54) is 16.0 Å². The van der Waals surface area contributed by atoms with E-state index in [9.17, 15) is 0 Å². The Morgan fingerprint density at radius 1 is 1.23 bits per heavy atom. The Balaban J connectivity index is 0.00000320. The Bertz CT molecular complexity index is 787. The molecule has 3 rings (SSSR count). The minimum atomic E-state index is 0. The third-order valence-electron chi connectivity index (χ3n) is 4.89. The molecule has 0 atom stereocenters. The largest absolute Gasteiger partial charge is 0.381 e. The first-order valence-electron chi connectivity index (χ1n) is 10.4. The van der Waals surface area contributed by atoms with Gasteiger partial charge in [-0.25, -0.2) is 9.98 Å². The molecule has 2 aromatic rings. The van der Waals surface area contributed by atoms with Crippen molar-refractivity contribution in [2.45, 2.75) is 59.4 Å². The minimum absolute atomic E-state index is 0. The maximum Gasteiger partial charge on any atom is 0.191 e. The van der Waals surface area contributed by atoms with Gasteiger partial charge in [0.25, 0.3) is 0 Å². The van der Waals surface area contributed by atoms with Gasteiger partial charge >= 0.3 is 0 Å². The number of rotatable bonds is 8. The highest BCUT2D eigenvalue weighted by Gasteiger charge is 2.14. The first-order chi connectivity index (χ1) is 14.1. The first kappa shape index (κ1) is 25.0. The summed E-state index contributed by atoms with van der Waals surface area (Å²) < 4.78 is 11.4. The maximum atomic E-state index is 6.04. The molecule has 2 N–H and O–H groups in total. The van der Waals surface area contributed by atoms with Crippen LogP contribution in [0.2, 0.25) is 0 Å². The van der Waals surface area contributed by atoms with Crippen molar-refractivity contribution in [2.75, 3.05) is 19.8 Å². The summed E-state index contributed by atoms with van der Waals surface area (Å²) in [7, 11) is 0. The van der Waals surface area contributed by atoms with Gasteiger partial charge in [-0.3, -0.25) is 0 Å². The molecule has 30 heavy (non-hydrogen) atoms. The highest BCUT2D eigenvalue weighted by Crippen LogP contribution is 2.16. The highest BCUT2D eigenvalue weighted by molar-refractivity contribution is 14.0. The van der Waals surface area contributed by atoms with Crippen molar-refractivity contribution in [1.82, 2.24) is 15.6 Å². The Morgan fingerprint density at radius 2 is 2.00 bits per heavy atom. The maximum absolute atomic E-state index is 6.04. The van der Waals surface area contributed by atoms with E-state index in [0.717, 1.165) is 49.3 Å². The number of halogens is 1. The molecule has 1 aromatic heterocycles. The summed E-state index contributed by atoms with van der Waals surface area (Å²) in [6.07, 6.45) is 2.28. The first-order valence-corrected chi connectivity index (χ1v) is 11.2. The van der Waals surface area contributed by atoms with Crippen molar-refractivity contribution < 1.29 is 9.47 Å². The van der Waals surface area contributed by atoms with Crippen LogP contribution in [-0.2, 0) is 29.2 Å². The molecule has 166 valence electrons.